The van der Waals surface area contributed by atoms with Gasteiger partial charge in [0.1, 0.15) is 4.83 Å². The van der Waals surface area contributed by atoms with Crippen LogP contribution in [0.3, 0.4) is 0 Å². The molecule has 0 atom stereocenters. The molecule has 8 heteroatoms. The summed E-state index contributed by atoms with van der Waals surface area (Å²) in [6.07, 6.45) is 1.51. The van der Waals surface area contributed by atoms with Crippen molar-refractivity contribution >= 4 is 68.0 Å². The number of thiophene rings is 1. The summed E-state index contributed by atoms with van der Waals surface area (Å²) in [6, 6.07) is 10.7. The van der Waals surface area contributed by atoms with Crippen LogP contribution in [0, 0.1) is 6.92 Å². The third kappa shape index (κ3) is 3.44. The first-order valence-corrected chi connectivity index (χ1v) is 10.6. The number of halogens is 4. The molecule has 3 nitrogen and oxygen atoms in total. The molecule has 0 bridgehead atoms. The fourth-order valence-electron chi connectivity index (χ4n) is 3.10. The van der Waals surface area contributed by atoms with Gasteiger partial charge in [-0.05, 0) is 36.8 Å². The molecule has 0 radical (unpaired) electrons. The number of aryl methyl sites for hydroxylation is 1. The Bertz CT molecular complexity index is 1260. The van der Waals surface area contributed by atoms with Gasteiger partial charge in [0, 0.05) is 26.0 Å². The molecular formula is C20H12Cl4N2OS. The number of rotatable bonds is 3. The lowest BCUT2D eigenvalue weighted by Crippen LogP contribution is -2.21. The van der Waals surface area contributed by atoms with E-state index in [1.54, 1.807) is 24.3 Å². The van der Waals surface area contributed by atoms with Gasteiger partial charge in [-0.1, -0.05) is 58.5 Å². The van der Waals surface area contributed by atoms with E-state index in [1.165, 1.54) is 22.2 Å². The van der Waals surface area contributed by atoms with Crippen LogP contribution in [0.15, 0.2) is 47.5 Å². The summed E-state index contributed by atoms with van der Waals surface area (Å²) in [7, 11) is 0. The van der Waals surface area contributed by atoms with Crippen molar-refractivity contribution in [2.24, 2.45) is 0 Å². The lowest BCUT2D eigenvalue weighted by atomic mass is 10.0. The summed E-state index contributed by atoms with van der Waals surface area (Å²) in [4.78, 5) is 19.5. The fourth-order valence-corrected chi connectivity index (χ4v) is 4.90. The van der Waals surface area contributed by atoms with E-state index in [1.807, 2.05) is 19.1 Å². The molecule has 0 saturated carbocycles. The maximum Gasteiger partial charge on any atom is 0.263 e. The van der Waals surface area contributed by atoms with Crippen LogP contribution in [0.1, 0.15) is 10.4 Å². The van der Waals surface area contributed by atoms with Crippen LogP contribution in [0.4, 0.5) is 0 Å². The molecule has 142 valence electrons. The zero-order chi connectivity index (χ0) is 20.0. The van der Waals surface area contributed by atoms with Crippen molar-refractivity contribution in [3.8, 4) is 11.1 Å². The van der Waals surface area contributed by atoms with Crippen LogP contribution in [0.25, 0.3) is 21.3 Å². The van der Waals surface area contributed by atoms with Crippen molar-refractivity contribution in [1.29, 1.82) is 0 Å². The van der Waals surface area contributed by atoms with Crippen molar-refractivity contribution in [2.45, 2.75) is 13.5 Å². The Morgan fingerprint density at radius 3 is 2.39 bits per heavy atom. The summed E-state index contributed by atoms with van der Waals surface area (Å²) in [5, 5.41) is 2.38. The average molecular weight is 470 g/mol. The van der Waals surface area contributed by atoms with E-state index in [4.69, 9.17) is 46.4 Å². The number of fused-ring (bicyclic) bond motifs is 1. The molecule has 0 unspecified atom stereocenters. The summed E-state index contributed by atoms with van der Waals surface area (Å²) in [5.74, 6) is 0. The van der Waals surface area contributed by atoms with Crippen molar-refractivity contribution in [3.05, 3.63) is 83.6 Å². The van der Waals surface area contributed by atoms with Crippen molar-refractivity contribution in [2.75, 3.05) is 0 Å². The molecule has 0 aliphatic heterocycles. The van der Waals surface area contributed by atoms with Crippen LogP contribution < -0.4 is 5.56 Å². The zero-order valence-electron chi connectivity index (χ0n) is 14.5. The monoisotopic (exact) mass is 468 g/mol. The van der Waals surface area contributed by atoms with Gasteiger partial charge in [-0.2, -0.15) is 0 Å². The highest BCUT2D eigenvalue weighted by molar-refractivity contribution is 7.19. The van der Waals surface area contributed by atoms with E-state index in [0.717, 1.165) is 16.0 Å². The largest absolute Gasteiger partial charge is 0.294 e. The third-order valence-corrected chi connectivity index (χ3v) is 6.92. The van der Waals surface area contributed by atoms with E-state index in [9.17, 15) is 4.79 Å². The third-order valence-electron chi connectivity index (χ3n) is 4.46. The Balaban J connectivity index is 1.90. The van der Waals surface area contributed by atoms with E-state index >= 15 is 0 Å². The number of aromatic nitrogens is 2. The fraction of sp³-hybridized carbons (Fsp3) is 0.100. The van der Waals surface area contributed by atoms with Gasteiger partial charge in [-0.15, -0.1) is 11.3 Å². The van der Waals surface area contributed by atoms with Crippen LogP contribution in [-0.4, -0.2) is 9.55 Å². The van der Waals surface area contributed by atoms with Gasteiger partial charge in [0.2, 0.25) is 0 Å². The predicted molar refractivity (Wildman–Crippen MR) is 120 cm³/mol. The lowest BCUT2D eigenvalue weighted by molar-refractivity contribution is 0.750. The minimum absolute atomic E-state index is 0.161. The normalized spacial score (nSPS) is 11.3. The highest BCUT2D eigenvalue weighted by Gasteiger charge is 2.18. The summed E-state index contributed by atoms with van der Waals surface area (Å²) in [6.45, 7) is 2.15. The number of benzene rings is 2. The molecule has 2 aromatic carbocycles. The molecule has 2 heterocycles. The highest BCUT2D eigenvalue weighted by Crippen LogP contribution is 2.36. The molecule has 0 saturated heterocycles. The zero-order valence-corrected chi connectivity index (χ0v) is 18.3. The number of hydrogen-bond acceptors (Lipinski definition) is 3. The first kappa shape index (κ1) is 19.7. The van der Waals surface area contributed by atoms with Gasteiger partial charge >= 0.3 is 0 Å². The molecular weight excluding hydrogens is 458 g/mol. The Hall–Kier alpha value is -1.56. The summed E-state index contributed by atoms with van der Waals surface area (Å²) < 4.78 is 1.50. The predicted octanol–water partition coefficient (Wildman–Crippen LogP) is 7.10. The second-order valence-corrected chi connectivity index (χ2v) is 9.05. The van der Waals surface area contributed by atoms with Crippen LogP contribution in [-0.2, 0) is 6.54 Å². The van der Waals surface area contributed by atoms with Gasteiger partial charge < -0.3 is 0 Å². The van der Waals surface area contributed by atoms with Crippen LogP contribution in [0.2, 0.25) is 20.1 Å². The molecule has 0 aliphatic rings. The van der Waals surface area contributed by atoms with Gasteiger partial charge in [0.15, 0.2) is 0 Å². The molecule has 0 aliphatic carbocycles. The molecule has 2 aromatic heterocycles. The van der Waals surface area contributed by atoms with Gasteiger partial charge in [-0.3, -0.25) is 9.36 Å². The van der Waals surface area contributed by atoms with Crippen molar-refractivity contribution < 1.29 is 0 Å². The van der Waals surface area contributed by atoms with Crippen molar-refractivity contribution in [3.63, 3.8) is 0 Å². The Labute approximate surface area is 185 Å². The van der Waals surface area contributed by atoms with Crippen LogP contribution in [0.5, 0.6) is 0 Å². The van der Waals surface area contributed by atoms with E-state index in [0.29, 0.717) is 35.9 Å². The molecule has 4 aromatic rings. The average Bonchev–Trinajstić information content (AvgIpc) is 3.01. The maximum atomic E-state index is 13.3. The van der Waals surface area contributed by atoms with Gasteiger partial charge in [0.05, 0.1) is 28.3 Å². The quantitative estimate of drug-likeness (QED) is 0.300. The molecule has 0 fully saturated rings. The first-order chi connectivity index (χ1) is 13.4. The molecule has 0 spiro atoms. The second kappa shape index (κ2) is 7.69. The van der Waals surface area contributed by atoms with E-state index in [-0.39, 0.29) is 12.1 Å². The topological polar surface area (TPSA) is 34.9 Å². The van der Waals surface area contributed by atoms with Crippen molar-refractivity contribution in [1.82, 2.24) is 9.55 Å². The highest BCUT2D eigenvalue weighted by atomic mass is 35.5. The Morgan fingerprint density at radius 2 is 1.68 bits per heavy atom. The standard InChI is InChI=1S/C20H12Cl4N2OS/c1-10-16(11-2-4-12(21)5-3-11)17-19(28-10)25-9-26(20(17)27)8-13-14(22)6-7-15(23)18(13)24/h2-7,9H,8H2,1H3. The lowest BCUT2D eigenvalue weighted by Gasteiger charge is -2.11. The minimum atomic E-state index is -0.161. The van der Waals surface area contributed by atoms with Crippen LogP contribution >= 0.6 is 57.7 Å². The van der Waals surface area contributed by atoms with E-state index < -0.39 is 0 Å². The molecule has 0 amide bonds. The maximum absolute atomic E-state index is 13.3. The minimum Gasteiger partial charge on any atom is -0.294 e. The SMILES string of the molecule is Cc1sc2ncn(Cc3c(Cl)ccc(Cl)c3Cl)c(=O)c2c1-c1ccc(Cl)cc1. The molecule has 4 rings (SSSR count). The Morgan fingerprint density at radius 1 is 1.00 bits per heavy atom. The number of nitrogens with zero attached hydrogens (tertiary/aromatic N) is 2. The van der Waals surface area contributed by atoms with Gasteiger partial charge in [-0.25, -0.2) is 4.98 Å². The van der Waals surface area contributed by atoms with E-state index in [2.05, 4.69) is 4.98 Å². The van der Waals surface area contributed by atoms with Gasteiger partial charge in [0.25, 0.3) is 5.56 Å². The first-order valence-electron chi connectivity index (χ1n) is 8.23. The summed E-state index contributed by atoms with van der Waals surface area (Å²) >= 11 is 26.2. The molecule has 0 N–H and O–H groups in total. The Kier molecular flexibility index (Phi) is 5.43. The smallest absolute Gasteiger partial charge is 0.263 e. The molecule has 28 heavy (non-hydrogen) atoms. The second-order valence-electron chi connectivity index (χ2n) is 6.22. The summed E-state index contributed by atoms with van der Waals surface area (Å²) in [5.41, 5.74) is 2.21. The number of hydrogen-bond donors (Lipinski definition) is 0.